The van der Waals surface area contributed by atoms with Crippen LogP contribution in [0.15, 0.2) is 78.1 Å². The second kappa shape index (κ2) is 44.3. The van der Waals surface area contributed by atoms with E-state index in [9.17, 15) is 33.6 Å². The van der Waals surface area contributed by atoms with Gasteiger partial charge in [0.1, 0.15) is 30.1 Å². The molecule has 0 atom stereocenters. The molecule has 0 radical (unpaired) electrons. The van der Waals surface area contributed by atoms with Gasteiger partial charge in [0.25, 0.3) is 17.7 Å². The molecule has 0 heterocycles. The van der Waals surface area contributed by atoms with Crippen LogP contribution in [0.4, 0.5) is 17.1 Å². The molecular formula is C53H85N9O11. The number of aliphatic carboxylic acids is 1. The number of hydrogen-bond acceptors (Lipinski definition) is 14. The van der Waals surface area contributed by atoms with Crippen molar-refractivity contribution in [3.63, 3.8) is 0 Å². The number of benzene rings is 3. The van der Waals surface area contributed by atoms with E-state index < -0.39 is 42.0 Å². The van der Waals surface area contributed by atoms with Gasteiger partial charge in [0.2, 0.25) is 11.8 Å². The monoisotopic (exact) mass is 1020 g/mol. The molecule has 73 heavy (non-hydrogen) atoms. The van der Waals surface area contributed by atoms with Crippen molar-refractivity contribution in [2.24, 2.45) is 5.73 Å². The van der Waals surface area contributed by atoms with Gasteiger partial charge in [-0.1, -0.05) is 67.0 Å². The van der Waals surface area contributed by atoms with Gasteiger partial charge < -0.3 is 72.4 Å². The number of nitrogens with one attached hydrogen (secondary N) is 8. The average molecular weight is 1020 g/mol. The largest absolute Gasteiger partial charge is 0.496 e. The number of allylic oxidation sites excluding steroid dienone is 4. The number of amides is 5. The Morgan fingerprint density at radius 1 is 0.603 bits per heavy atom. The minimum Gasteiger partial charge on any atom is -0.496 e. The number of rotatable bonds is 23. The van der Waals surface area contributed by atoms with Crippen molar-refractivity contribution in [1.82, 2.24) is 26.6 Å². The minimum absolute atomic E-state index is 0.101. The highest BCUT2D eigenvalue weighted by Gasteiger charge is 2.18. The van der Waals surface area contributed by atoms with Crippen LogP contribution < -0.4 is 62.5 Å². The van der Waals surface area contributed by atoms with Crippen LogP contribution in [0.5, 0.6) is 17.2 Å². The molecule has 0 unspecified atom stereocenters. The lowest BCUT2D eigenvalue weighted by atomic mass is 10.1. The Morgan fingerprint density at radius 2 is 1.01 bits per heavy atom. The predicted molar refractivity (Wildman–Crippen MR) is 293 cm³/mol. The molecule has 3 rings (SSSR count). The molecule has 3 aromatic rings. The van der Waals surface area contributed by atoms with E-state index in [1.54, 1.807) is 31.3 Å². The molecule has 0 saturated heterocycles. The summed E-state index contributed by atoms with van der Waals surface area (Å²) >= 11 is 0. The van der Waals surface area contributed by atoms with Crippen LogP contribution in [0.3, 0.4) is 0 Å². The molecule has 0 fully saturated rings. The zero-order chi connectivity index (χ0) is 56.1. The minimum atomic E-state index is -1.10. The Morgan fingerprint density at radius 3 is 1.38 bits per heavy atom. The Hall–Kier alpha value is -7.61. The maximum Gasteiger partial charge on any atom is 0.322 e. The highest BCUT2D eigenvalue weighted by molar-refractivity contribution is 6.04. The summed E-state index contributed by atoms with van der Waals surface area (Å²) < 4.78 is 15.3. The summed E-state index contributed by atoms with van der Waals surface area (Å²) in [6.45, 7) is 21.9. The summed E-state index contributed by atoms with van der Waals surface area (Å²) in [5.74, 6) is -2.86. The molecular weight excluding hydrogens is 939 g/mol. The van der Waals surface area contributed by atoms with Crippen LogP contribution in [0.2, 0.25) is 0 Å². The van der Waals surface area contributed by atoms with Gasteiger partial charge in [0.05, 0.1) is 57.7 Å². The number of hydrogen-bond donors (Lipinski definition) is 10. The fourth-order valence-electron chi connectivity index (χ4n) is 5.26. The van der Waals surface area contributed by atoms with Crippen molar-refractivity contribution in [2.45, 2.75) is 94.9 Å². The van der Waals surface area contributed by atoms with Gasteiger partial charge in [-0.2, -0.15) is 0 Å². The van der Waals surface area contributed by atoms with Gasteiger partial charge >= 0.3 is 5.97 Å². The second-order valence-corrected chi connectivity index (χ2v) is 14.6. The molecule has 20 nitrogen and oxygen atoms in total. The molecule has 408 valence electrons. The quantitative estimate of drug-likeness (QED) is 0.0424. The Labute approximate surface area is 433 Å². The normalized spacial score (nSPS) is 9.90. The summed E-state index contributed by atoms with van der Waals surface area (Å²) in [5.41, 5.74) is 9.77. The van der Waals surface area contributed by atoms with Crippen LogP contribution in [-0.2, 0) is 19.2 Å². The first-order valence-electron chi connectivity index (χ1n) is 24.3. The maximum atomic E-state index is 12.6. The zero-order valence-electron chi connectivity index (χ0n) is 45.6. The van der Waals surface area contributed by atoms with Gasteiger partial charge in [0, 0.05) is 48.6 Å². The third kappa shape index (κ3) is 31.4. The lowest BCUT2D eigenvalue weighted by molar-refractivity contribution is -0.135. The van der Waals surface area contributed by atoms with Crippen LogP contribution >= 0.6 is 0 Å². The fraction of sp³-hybridized carbons (Fsp3) is 0.453. The van der Waals surface area contributed by atoms with Crippen molar-refractivity contribution in [3.8, 4) is 17.2 Å². The second-order valence-electron chi connectivity index (χ2n) is 14.6. The number of methoxy groups -OCH3 is 3. The van der Waals surface area contributed by atoms with E-state index >= 15 is 0 Å². The fourth-order valence-corrected chi connectivity index (χ4v) is 5.26. The molecule has 0 bridgehead atoms. The summed E-state index contributed by atoms with van der Waals surface area (Å²) in [5, 5.41) is 30.2. The molecule has 11 N–H and O–H groups in total. The van der Waals surface area contributed by atoms with Gasteiger partial charge in [-0.15, -0.1) is 0 Å². The van der Waals surface area contributed by atoms with E-state index in [1.807, 2.05) is 20.8 Å². The molecule has 0 saturated carbocycles. The first kappa shape index (κ1) is 69.6. The predicted octanol–water partition coefficient (Wildman–Crippen LogP) is 7.10. The van der Waals surface area contributed by atoms with E-state index in [2.05, 4.69) is 103 Å². The van der Waals surface area contributed by atoms with E-state index in [1.165, 1.54) is 82.3 Å². The van der Waals surface area contributed by atoms with Crippen LogP contribution in [0.25, 0.3) is 0 Å². The topological polar surface area (TPSA) is 290 Å². The van der Waals surface area contributed by atoms with E-state index in [0.717, 1.165) is 25.2 Å². The molecule has 0 aliphatic rings. The van der Waals surface area contributed by atoms with Gasteiger partial charge in [-0.05, 0) is 94.6 Å². The Kier molecular flexibility index (Phi) is 42.3. The SMILES string of the molecule is C/C=C(/C)NCCC.C/C=C(/CC)NCCC.CC.CCC.CNc1ccc(OC)c(C(=O)NCC(=O)O)c1.COc1ccc(NC(=O)CNC(=O)c2cc(NC(=O)CN)ccc2OC)cc1C(=O)NCC=O. The Balaban J connectivity index is -0.00000103. The number of ether oxygens (including phenoxy) is 3. The smallest absolute Gasteiger partial charge is 0.322 e. The van der Waals surface area contributed by atoms with Crippen molar-refractivity contribution >= 4 is 58.9 Å². The number of aldehydes is 1. The number of nitrogens with two attached hydrogens (primary N) is 1. The van der Waals surface area contributed by atoms with E-state index in [0.29, 0.717) is 23.3 Å². The lowest BCUT2D eigenvalue weighted by Gasteiger charge is -2.13. The standard InChI is InChI=1S/C22H25N5O7.C11H14N2O4.C8H17N.C7H15N.C3H8.C2H6/c1-33-17-6-4-14(10-15(17)21(31)24-7-8-28)27-20(30)12-25-22(32)16-9-13(26-19(29)11-23)3-5-18(16)34-2;1-12-7-3-4-9(17-2)8(5-7)11(16)13-6-10(14)15;1-4-7-9-8(5-2)6-3;1-4-6-8-7(3)5-2;1-3-2;1-2/h3-6,8-10H,7,11-12,23H2,1-2H3,(H,24,31)(H,25,32)(H,26,29)(H,27,30);3-5,12H,6H2,1-2H3,(H,13,16)(H,14,15);5,9H,4,6-7H2,1-3H3;5,8H,4,6H2,1-3H3;3H2,1-2H3;1-2H3/b;;8-5-;7-5-;;. The van der Waals surface area contributed by atoms with E-state index in [4.69, 9.17) is 25.1 Å². The molecule has 5 amide bonds. The zero-order valence-corrected chi connectivity index (χ0v) is 45.6. The number of carbonyl (C=O) groups excluding carboxylic acids is 6. The summed E-state index contributed by atoms with van der Waals surface area (Å²) in [4.78, 5) is 81.2. The van der Waals surface area contributed by atoms with Crippen molar-refractivity contribution < 1.29 is 52.9 Å². The molecule has 0 aliphatic heterocycles. The highest BCUT2D eigenvalue weighted by atomic mass is 16.5. The van der Waals surface area contributed by atoms with Crippen LogP contribution in [0, 0.1) is 0 Å². The highest BCUT2D eigenvalue weighted by Crippen LogP contribution is 2.25. The van der Waals surface area contributed by atoms with Gasteiger partial charge in [0.15, 0.2) is 0 Å². The number of carbonyl (C=O) groups is 7. The van der Waals surface area contributed by atoms with Gasteiger partial charge in [-0.3, -0.25) is 28.8 Å². The van der Waals surface area contributed by atoms with Crippen LogP contribution in [0.1, 0.15) is 126 Å². The van der Waals surface area contributed by atoms with Crippen LogP contribution in [-0.4, -0.2) is 115 Å². The molecule has 0 spiro atoms. The Bertz CT molecular complexity index is 2160. The molecule has 20 heteroatoms. The number of anilines is 3. The third-order valence-electron chi connectivity index (χ3n) is 8.95. The van der Waals surface area contributed by atoms with Crippen molar-refractivity contribution in [3.05, 3.63) is 94.8 Å². The molecule has 0 aromatic heterocycles. The summed E-state index contributed by atoms with van der Waals surface area (Å²) in [7, 11) is 5.93. The number of carboxylic acids is 1. The van der Waals surface area contributed by atoms with Gasteiger partial charge in [-0.25, -0.2) is 0 Å². The molecule has 3 aromatic carbocycles. The number of carboxylic acid groups (broad SMARTS) is 1. The lowest BCUT2D eigenvalue weighted by Crippen LogP contribution is -2.33. The summed E-state index contributed by atoms with van der Waals surface area (Å²) in [6, 6.07) is 13.8. The average Bonchev–Trinajstić information content (AvgIpc) is 3.41. The maximum absolute atomic E-state index is 12.6. The van der Waals surface area contributed by atoms with Crippen molar-refractivity contribution in [2.75, 3.05) is 83.6 Å². The third-order valence-corrected chi connectivity index (χ3v) is 8.95. The van der Waals surface area contributed by atoms with Crippen molar-refractivity contribution in [1.29, 1.82) is 0 Å². The molecule has 0 aliphatic carbocycles. The first-order valence-corrected chi connectivity index (χ1v) is 24.3. The van der Waals surface area contributed by atoms with E-state index in [-0.39, 0.29) is 47.9 Å². The summed E-state index contributed by atoms with van der Waals surface area (Å²) in [6.07, 6.45) is 9.53. The first-order chi connectivity index (χ1) is 35.0.